The number of carbonyl (C=O) groups is 1. The lowest BCUT2D eigenvalue weighted by atomic mass is 10.1. The Morgan fingerprint density at radius 2 is 2.38 bits per heavy atom. The van der Waals surface area contributed by atoms with E-state index in [1.807, 2.05) is 0 Å². The number of piperidine rings is 1. The molecule has 21 heavy (non-hydrogen) atoms. The van der Waals surface area contributed by atoms with Crippen LogP contribution in [0.15, 0.2) is 0 Å². The number of esters is 1. The zero-order valence-electron chi connectivity index (χ0n) is 13.0. The number of nitrogen functional groups attached to an aromatic ring is 1. The normalized spacial score (nSPS) is 18.8. The van der Waals surface area contributed by atoms with Crippen LogP contribution in [-0.4, -0.2) is 42.0 Å². The molecule has 0 bridgehead atoms. The first-order chi connectivity index (χ1) is 10.0. The van der Waals surface area contributed by atoms with E-state index in [-0.39, 0.29) is 6.04 Å². The van der Waals surface area contributed by atoms with E-state index in [9.17, 15) is 4.79 Å². The SMILES string of the molecule is COC(=O)c1c(NC2CCCNC2)nn(CC(C)C)c1N. The fourth-order valence-corrected chi connectivity index (χ4v) is 2.53. The number of hydrogen-bond donors (Lipinski definition) is 3. The van der Waals surface area contributed by atoms with E-state index in [2.05, 4.69) is 29.6 Å². The second-order valence-electron chi connectivity index (χ2n) is 5.86. The average Bonchev–Trinajstić information content (AvgIpc) is 2.75. The number of hydrogen-bond acceptors (Lipinski definition) is 6. The molecule has 0 aromatic carbocycles. The minimum atomic E-state index is -0.450. The number of nitrogens with zero attached hydrogens (tertiary/aromatic N) is 2. The first kappa shape index (κ1) is 15.6. The van der Waals surface area contributed by atoms with Crippen molar-refractivity contribution in [1.82, 2.24) is 15.1 Å². The molecule has 1 aliphatic rings. The van der Waals surface area contributed by atoms with Crippen LogP contribution in [0.1, 0.15) is 37.0 Å². The summed E-state index contributed by atoms with van der Waals surface area (Å²) in [5, 5.41) is 11.1. The quantitative estimate of drug-likeness (QED) is 0.704. The largest absolute Gasteiger partial charge is 0.465 e. The van der Waals surface area contributed by atoms with Gasteiger partial charge in [0.05, 0.1) is 7.11 Å². The molecule has 0 amide bonds. The first-order valence-electron chi connectivity index (χ1n) is 7.44. The van der Waals surface area contributed by atoms with Crippen LogP contribution in [0.3, 0.4) is 0 Å². The Kier molecular flexibility index (Phi) is 5.06. The third kappa shape index (κ3) is 3.66. The molecule has 0 radical (unpaired) electrons. The Balaban J connectivity index is 2.26. The minimum Gasteiger partial charge on any atom is -0.465 e. The number of ether oxygens (including phenoxy) is 1. The second kappa shape index (κ2) is 6.80. The zero-order valence-corrected chi connectivity index (χ0v) is 13.0. The molecule has 1 atom stereocenters. The summed E-state index contributed by atoms with van der Waals surface area (Å²) >= 11 is 0. The molecule has 0 spiro atoms. The van der Waals surface area contributed by atoms with E-state index >= 15 is 0 Å². The molecule has 2 heterocycles. The van der Waals surface area contributed by atoms with Crippen LogP contribution in [-0.2, 0) is 11.3 Å². The van der Waals surface area contributed by atoms with Crippen molar-refractivity contribution in [2.24, 2.45) is 5.92 Å². The van der Waals surface area contributed by atoms with Gasteiger partial charge in [0.15, 0.2) is 5.82 Å². The maximum atomic E-state index is 12.0. The average molecular weight is 295 g/mol. The van der Waals surface area contributed by atoms with Gasteiger partial charge in [0, 0.05) is 19.1 Å². The highest BCUT2D eigenvalue weighted by Gasteiger charge is 2.25. The second-order valence-corrected chi connectivity index (χ2v) is 5.86. The Bertz CT molecular complexity index is 492. The summed E-state index contributed by atoms with van der Waals surface area (Å²) in [4.78, 5) is 12.0. The van der Waals surface area contributed by atoms with Crippen molar-refractivity contribution in [2.45, 2.75) is 39.3 Å². The van der Waals surface area contributed by atoms with Crippen LogP contribution in [0.4, 0.5) is 11.6 Å². The highest BCUT2D eigenvalue weighted by Crippen LogP contribution is 2.25. The van der Waals surface area contributed by atoms with E-state index in [0.29, 0.717) is 29.7 Å². The lowest BCUT2D eigenvalue weighted by molar-refractivity contribution is 0.0603. The van der Waals surface area contributed by atoms with Gasteiger partial charge in [0.25, 0.3) is 0 Å². The maximum Gasteiger partial charge on any atom is 0.345 e. The molecule has 1 aromatic heterocycles. The smallest absolute Gasteiger partial charge is 0.345 e. The Morgan fingerprint density at radius 1 is 1.62 bits per heavy atom. The van der Waals surface area contributed by atoms with Crippen LogP contribution in [0, 0.1) is 5.92 Å². The zero-order chi connectivity index (χ0) is 15.4. The third-order valence-corrected chi connectivity index (χ3v) is 3.56. The monoisotopic (exact) mass is 295 g/mol. The van der Waals surface area contributed by atoms with E-state index in [0.717, 1.165) is 25.9 Å². The van der Waals surface area contributed by atoms with Gasteiger partial charge in [-0.05, 0) is 25.3 Å². The topological polar surface area (TPSA) is 94.2 Å². The molecular formula is C14H25N5O2. The molecule has 4 N–H and O–H groups in total. The maximum absolute atomic E-state index is 12.0. The van der Waals surface area contributed by atoms with Crippen LogP contribution in [0.2, 0.25) is 0 Å². The molecule has 1 saturated heterocycles. The number of methoxy groups -OCH3 is 1. The van der Waals surface area contributed by atoms with Crippen molar-refractivity contribution in [3.8, 4) is 0 Å². The van der Waals surface area contributed by atoms with Crippen LogP contribution in [0.5, 0.6) is 0 Å². The van der Waals surface area contributed by atoms with Crippen molar-refractivity contribution in [3.05, 3.63) is 5.56 Å². The molecule has 1 aliphatic heterocycles. The molecule has 2 rings (SSSR count). The van der Waals surface area contributed by atoms with Crippen LogP contribution in [0.25, 0.3) is 0 Å². The number of aromatic nitrogens is 2. The summed E-state index contributed by atoms with van der Waals surface area (Å²) in [6, 6.07) is 0.254. The van der Waals surface area contributed by atoms with Crippen molar-refractivity contribution in [2.75, 3.05) is 31.2 Å². The molecule has 7 nitrogen and oxygen atoms in total. The van der Waals surface area contributed by atoms with Crippen molar-refractivity contribution in [1.29, 1.82) is 0 Å². The van der Waals surface area contributed by atoms with Gasteiger partial charge in [0.1, 0.15) is 11.4 Å². The molecule has 1 fully saturated rings. The molecule has 1 aromatic rings. The predicted octanol–water partition coefficient (Wildman–Crippen LogP) is 1.07. The van der Waals surface area contributed by atoms with E-state index < -0.39 is 5.97 Å². The lowest BCUT2D eigenvalue weighted by Crippen LogP contribution is -2.38. The van der Waals surface area contributed by atoms with Gasteiger partial charge in [-0.25, -0.2) is 9.48 Å². The van der Waals surface area contributed by atoms with Crippen molar-refractivity contribution >= 4 is 17.6 Å². The van der Waals surface area contributed by atoms with Crippen LogP contribution >= 0.6 is 0 Å². The number of nitrogens with one attached hydrogen (secondary N) is 2. The van der Waals surface area contributed by atoms with Crippen molar-refractivity contribution in [3.63, 3.8) is 0 Å². The van der Waals surface area contributed by atoms with Crippen LogP contribution < -0.4 is 16.4 Å². The number of rotatable bonds is 5. The fourth-order valence-electron chi connectivity index (χ4n) is 2.53. The van der Waals surface area contributed by atoms with E-state index in [4.69, 9.17) is 10.5 Å². The minimum absolute atomic E-state index is 0.254. The molecular weight excluding hydrogens is 270 g/mol. The number of nitrogens with two attached hydrogens (primary N) is 1. The standard InChI is InChI=1S/C14H25N5O2/c1-9(2)8-19-12(15)11(14(20)21-3)13(18-19)17-10-5-4-6-16-7-10/h9-10,16H,4-8,15H2,1-3H3,(H,17,18). The predicted molar refractivity (Wildman–Crippen MR) is 82.3 cm³/mol. The molecule has 0 saturated carbocycles. The van der Waals surface area contributed by atoms with Gasteiger partial charge in [-0.2, -0.15) is 5.10 Å². The molecule has 118 valence electrons. The van der Waals surface area contributed by atoms with E-state index in [1.54, 1.807) is 4.68 Å². The summed E-state index contributed by atoms with van der Waals surface area (Å²) in [5.74, 6) is 0.825. The fraction of sp³-hybridized carbons (Fsp3) is 0.714. The third-order valence-electron chi connectivity index (χ3n) is 3.56. The highest BCUT2D eigenvalue weighted by molar-refractivity contribution is 5.99. The highest BCUT2D eigenvalue weighted by atomic mass is 16.5. The summed E-state index contributed by atoms with van der Waals surface area (Å²) in [5.41, 5.74) is 6.41. The molecule has 0 aliphatic carbocycles. The summed E-state index contributed by atoms with van der Waals surface area (Å²) in [7, 11) is 1.35. The van der Waals surface area contributed by atoms with Gasteiger partial charge >= 0.3 is 5.97 Å². The van der Waals surface area contributed by atoms with Crippen molar-refractivity contribution < 1.29 is 9.53 Å². The first-order valence-corrected chi connectivity index (χ1v) is 7.44. The lowest BCUT2D eigenvalue weighted by Gasteiger charge is -2.23. The summed E-state index contributed by atoms with van der Waals surface area (Å²) in [6.07, 6.45) is 2.15. The molecule has 1 unspecified atom stereocenters. The Labute approximate surface area is 125 Å². The Hall–Kier alpha value is -1.76. The number of carbonyl (C=O) groups excluding carboxylic acids is 1. The van der Waals surface area contributed by atoms with Gasteiger partial charge in [-0.1, -0.05) is 13.8 Å². The molecule has 7 heteroatoms. The van der Waals surface area contributed by atoms with Gasteiger partial charge in [-0.3, -0.25) is 0 Å². The van der Waals surface area contributed by atoms with Gasteiger partial charge in [0.2, 0.25) is 0 Å². The summed E-state index contributed by atoms with van der Waals surface area (Å²) in [6.45, 7) is 6.72. The van der Waals surface area contributed by atoms with Gasteiger partial charge in [-0.15, -0.1) is 0 Å². The Morgan fingerprint density at radius 3 is 2.95 bits per heavy atom. The number of anilines is 2. The van der Waals surface area contributed by atoms with Gasteiger partial charge < -0.3 is 21.1 Å². The summed E-state index contributed by atoms with van der Waals surface area (Å²) < 4.78 is 6.51. The van der Waals surface area contributed by atoms with E-state index in [1.165, 1.54) is 7.11 Å².